The summed E-state index contributed by atoms with van der Waals surface area (Å²) in [5.74, 6) is -0.170. The molecule has 2 aromatic rings. The van der Waals surface area contributed by atoms with Crippen LogP contribution in [-0.4, -0.2) is 10.9 Å². The molecule has 0 atom stereocenters. The molecule has 1 heterocycles. The van der Waals surface area contributed by atoms with Gasteiger partial charge >= 0.3 is 0 Å². The first-order chi connectivity index (χ1) is 9.04. The van der Waals surface area contributed by atoms with Crippen LogP contribution in [-0.2, 0) is 4.79 Å². The van der Waals surface area contributed by atoms with Crippen molar-refractivity contribution in [2.45, 2.75) is 13.8 Å². The van der Waals surface area contributed by atoms with Crippen molar-refractivity contribution >= 4 is 44.4 Å². The third-order valence-corrected chi connectivity index (χ3v) is 4.07. The Kier molecular flexibility index (Phi) is 4.50. The summed E-state index contributed by atoms with van der Waals surface area (Å²) in [7, 11) is 0. The van der Waals surface area contributed by atoms with Crippen molar-refractivity contribution in [1.29, 1.82) is 0 Å². The molecule has 2 rings (SSSR count). The number of nitrogens with one attached hydrogen (secondary N) is 1. The van der Waals surface area contributed by atoms with Crippen LogP contribution in [0, 0.1) is 13.8 Å². The smallest absolute Gasteiger partial charge is 0.250 e. The van der Waals surface area contributed by atoms with Crippen LogP contribution in [0.1, 0.15) is 16.1 Å². The fourth-order valence-electron chi connectivity index (χ4n) is 1.42. The van der Waals surface area contributed by atoms with E-state index in [9.17, 15) is 4.79 Å². The molecule has 0 unspecified atom stereocenters. The van der Waals surface area contributed by atoms with Gasteiger partial charge in [0.2, 0.25) is 5.91 Å². The van der Waals surface area contributed by atoms with Gasteiger partial charge in [-0.3, -0.25) is 10.1 Å². The number of hydrogen-bond donors (Lipinski definition) is 1. The maximum Gasteiger partial charge on any atom is 0.250 e. The normalized spacial score (nSPS) is 10.9. The molecule has 0 saturated carbocycles. The molecule has 0 bridgehead atoms. The van der Waals surface area contributed by atoms with Crippen LogP contribution in [0.3, 0.4) is 0 Å². The zero-order valence-electron chi connectivity index (χ0n) is 10.6. The first-order valence-electron chi connectivity index (χ1n) is 5.73. The van der Waals surface area contributed by atoms with Crippen LogP contribution in [0.5, 0.6) is 0 Å². The molecule has 0 aliphatic carbocycles. The number of amides is 1. The average Bonchev–Trinajstić information content (AvgIpc) is 2.67. The SMILES string of the molecule is Cc1nc(NC(=O)/C=C/c2ccc(Br)cc2)sc1C. The number of carbonyl (C=O) groups is 1. The number of thiazole rings is 1. The van der Waals surface area contributed by atoms with Gasteiger partial charge in [0.25, 0.3) is 0 Å². The second kappa shape index (κ2) is 6.12. The summed E-state index contributed by atoms with van der Waals surface area (Å²) in [5, 5.41) is 3.40. The summed E-state index contributed by atoms with van der Waals surface area (Å²) in [6.45, 7) is 3.92. The van der Waals surface area contributed by atoms with E-state index in [1.165, 1.54) is 17.4 Å². The summed E-state index contributed by atoms with van der Waals surface area (Å²) in [6.07, 6.45) is 3.28. The quantitative estimate of drug-likeness (QED) is 0.854. The predicted octanol–water partition coefficient (Wildman–Crippen LogP) is 4.17. The van der Waals surface area contributed by atoms with Crippen molar-refractivity contribution in [2.75, 3.05) is 5.32 Å². The number of rotatable bonds is 3. The van der Waals surface area contributed by atoms with Crippen molar-refractivity contribution in [1.82, 2.24) is 4.98 Å². The van der Waals surface area contributed by atoms with Gasteiger partial charge in [-0.05, 0) is 37.6 Å². The second-order valence-corrected chi connectivity index (χ2v) is 6.15. The van der Waals surface area contributed by atoms with Crippen molar-refractivity contribution in [3.63, 3.8) is 0 Å². The van der Waals surface area contributed by atoms with Gasteiger partial charge in [-0.1, -0.05) is 28.1 Å². The van der Waals surface area contributed by atoms with E-state index < -0.39 is 0 Å². The van der Waals surface area contributed by atoms with E-state index in [1.807, 2.05) is 38.1 Å². The third-order valence-electron chi connectivity index (χ3n) is 2.56. The van der Waals surface area contributed by atoms with Crippen LogP contribution in [0.4, 0.5) is 5.13 Å². The standard InChI is InChI=1S/C14H13BrN2OS/c1-9-10(2)19-14(16-9)17-13(18)8-5-11-3-6-12(15)7-4-11/h3-8H,1-2H3,(H,16,17,18)/b8-5+. The molecule has 1 aromatic heterocycles. The minimum atomic E-state index is -0.170. The molecule has 19 heavy (non-hydrogen) atoms. The van der Waals surface area contributed by atoms with Crippen LogP contribution in [0.25, 0.3) is 6.08 Å². The summed E-state index contributed by atoms with van der Waals surface area (Å²) in [5.41, 5.74) is 1.93. The van der Waals surface area contributed by atoms with E-state index in [4.69, 9.17) is 0 Å². The van der Waals surface area contributed by atoms with Gasteiger partial charge in [0.1, 0.15) is 0 Å². The highest BCUT2D eigenvalue weighted by Crippen LogP contribution is 2.21. The monoisotopic (exact) mass is 336 g/mol. The molecular formula is C14H13BrN2OS. The Balaban J connectivity index is 1.99. The first-order valence-corrected chi connectivity index (χ1v) is 7.34. The van der Waals surface area contributed by atoms with Crippen molar-refractivity contribution in [3.8, 4) is 0 Å². The highest BCUT2D eigenvalue weighted by molar-refractivity contribution is 9.10. The zero-order chi connectivity index (χ0) is 13.8. The topological polar surface area (TPSA) is 42.0 Å². The van der Waals surface area contributed by atoms with Gasteiger partial charge in [-0.25, -0.2) is 4.98 Å². The Morgan fingerprint density at radius 3 is 2.58 bits per heavy atom. The molecule has 3 nitrogen and oxygen atoms in total. The number of aryl methyl sites for hydroxylation is 2. The minimum Gasteiger partial charge on any atom is -0.298 e. The fraction of sp³-hybridized carbons (Fsp3) is 0.143. The number of halogens is 1. The number of carbonyl (C=O) groups excluding carboxylic acids is 1. The fourth-order valence-corrected chi connectivity index (χ4v) is 2.50. The summed E-state index contributed by atoms with van der Waals surface area (Å²) in [4.78, 5) is 17.1. The highest BCUT2D eigenvalue weighted by Gasteiger charge is 2.05. The van der Waals surface area contributed by atoms with E-state index in [-0.39, 0.29) is 5.91 Å². The van der Waals surface area contributed by atoms with Crippen molar-refractivity contribution < 1.29 is 4.79 Å². The largest absolute Gasteiger partial charge is 0.298 e. The van der Waals surface area contributed by atoms with Gasteiger partial charge in [0.05, 0.1) is 5.69 Å². The van der Waals surface area contributed by atoms with E-state index >= 15 is 0 Å². The van der Waals surface area contributed by atoms with Gasteiger partial charge < -0.3 is 0 Å². The molecule has 0 radical (unpaired) electrons. The van der Waals surface area contributed by atoms with Crippen molar-refractivity contribution in [3.05, 3.63) is 50.9 Å². The lowest BCUT2D eigenvalue weighted by molar-refractivity contribution is -0.111. The Hall–Kier alpha value is -1.46. The lowest BCUT2D eigenvalue weighted by atomic mass is 10.2. The number of anilines is 1. The Bertz CT molecular complexity index is 597. The average molecular weight is 337 g/mol. The number of aromatic nitrogens is 1. The van der Waals surface area contributed by atoms with E-state index in [0.29, 0.717) is 5.13 Å². The molecular weight excluding hydrogens is 324 g/mol. The zero-order valence-corrected chi connectivity index (χ0v) is 13.0. The van der Waals surface area contributed by atoms with Crippen LogP contribution in [0.15, 0.2) is 34.8 Å². The molecule has 1 aromatic carbocycles. The Morgan fingerprint density at radius 2 is 2.00 bits per heavy atom. The van der Waals surface area contributed by atoms with E-state index in [0.717, 1.165) is 20.6 Å². The lowest BCUT2D eigenvalue weighted by Gasteiger charge is -1.96. The van der Waals surface area contributed by atoms with Gasteiger partial charge in [0, 0.05) is 15.4 Å². The van der Waals surface area contributed by atoms with Crippen LogP contribution < -0.4 is 5.32 Å². The maximum absolute atomic E-state index is 11.7. The summed E-state index contributed by atoms with van der Waals surface area (Å²) < 4.78 is 1.02. The first kappa shape index (κ1) is 14.0. The van der Waals surface area contributed by atoms with Crippen molar-refractivity contribution in [2.24, 2.45) is 0 Å². The second-order valence-electron chi connectivity index (χ2n) is 4.03. The summed E-state index contributed by atoms with van der Waals surface area (Å²) >= 11 is 4.85. The van der Waals surface area contributed by atoms with Crippen LogP contribution in [0.2, 0.25) is 0 Å². The molecule has 0 aliphatic rings. The maximum atomic E-state index is 11.7. The molecule has 98 valence electrons. The minimum absolute atomic E-state index is 0.170. The molecule has 1 amide bonds. The highest BCUT2D eigenvalue weighted by atomic mass is 79.9. The third kappa shape index (κ3) is 4.01. The number of nitrogens with zero attached hydrogens (tertiary/aromatic N) is 1. The lowest BCUT2D eigenvalue weighted by Crippen LogP contribution is -2.07. The molecule has 5 heteroatoms. The van der Waals surface area contributed by atoms with Gasteiger partial charge in [0.15, 0.2) is 5.13 Å². The van der Waals surface area contributed by atoms with Gasteiger partial charge in [-0.15, -0.1) is 11.3 Å². The van der Waals surface area contributed by atoms with E-state index in [1.54, 1.807) is 6.08 Å². The van der Waals surface area contributed by atoms with E-state index in [2.05, 4.69) is 26.2 Å². The number of hydrogen-bond acceptors (Lipinski definition) is 3. The molecule has 0 spiro atoms. The number of benzene rings is 1. The summed E-state index contributed by atoms with van der Waals surface area (Å²) in [6, 6.07) is 7.74. The molecule has 0 fully saturated rings. The Labute approximate surface area is 124 Å². The predicted molar refractivity (Wildman–Crippen MR) is 83.4 cm³/mol. The molecule has 0 aliphatic heterocycles. The molecule has 0 saturated heterocycles. The van der Waals surface area contributed by atoms with Gasteiger partial charge in [-0.2, -0.15) is 0 Å². The molecule has 1 N–H and O–H groups in total. The Morgan fingerprint density at radius 1 is 1.32 bits per heavy atom. The van der Waals surface area contributed by atoms with Crippen LogP contribution >= 0.6 is 27.3 Å².